The summed E-state index contributed by atoms with van der Waals surface area (Å²) in [5, 5.41) is 0.429. The maximum atomic E-state index is 13.7. The summed E-state index contributed by atoms with van der Waals surface area (Å²) in [4.78, 5) is 43.3. The van der Waals surface area contributed by atoms with E-state index in [1.807, 2.05) is 6.92 Å². The molecule has 7 nitrogen and oxygen atoms in total. The number of amides is 2. The minimum absolute atomic E-state index is 0.0112. The summed E-state index contributed by atoms with van der Waals surface area (Å²) in [7, 11) is 1.55. The van der Waals surface area contributed by atoms with E-state index in [2.05, 4.69) is 6.92 Å². The fourth-order valence-corrected chi connectivity index (χ4v) is 4.42. The summed E-state index contributed by atoms with van der Waals surface area (Å²) >= 11 is 0. The van der Waals surface area contributed by atoms with Crippen molar-refractivity contribution in [2.24, 2.45) is 5.92 Å². The van der Waals surface area contributed by atoms with E-state index in [1.165, 1.54) is 23.3 Å². The van der Waals surface area contributed by atoms with Crippen LogP contribution in [0, 0.1) is 11.7 Å². The van der Waals surface area contributed by atoms with Crippen LogP contribution < -0.4 is 5.43 Å². The van der Waals surface area contributed by atoms with Crippen molar-refractivity contribution in [3.8, 4) is 0 Å². The van der Waals surface area contributed by atoms with Gasteiger partial charge in [0.2, 0.25) is 11.8 Å². The van der Waals surface area contributed by atoms with Crippen molar-refractivity contribution in [2.45, 2.75) is 52.6 Å². The van der Waals surface area contributed by atoms with Gasteiger partial charge in [0.1, 0.15) is 11.4 Å². The van der Waals surface area contributed by atoms with Crippen LogP contribution in [0.15, 0.2) is 64.0 Å². The third-order valence-corrected chi connectivity index (χ3v) is 6.70. The van der Waals surface area contributed by atoms with Gasteiger partial charge in [-0.2, -0.15) is 0 Å². The van der Waals surface area contributed by atoms with Crippen LogP contribution in [0.1, 0.15) is 50.7 Å². The predicted molar refractivity (Wildman–Crippen MR) is 145 cm³/mol. The van der Waals surface area contributed by atoms with E-state index in [1.54, 1.807) is 48.4 Å². The molecule has 0 fully saturated rings. The lowest BCUT2D eigenvalue weighted by atomic mass is 9.97. The molecular weight excluding hydrogens is 487 g/mol. The molecule has 0 radical (unpaired) electrons. The van der Waals surface area contributed by atoms with Gasteiger partial charge in [-0.25, -0.2) is 4.39 Å². The third kappa shape index (κ3) is 7.74. The smallest absolute Gasteiger partial charge is 0.242 e. The molecule has 204 valence electrons. The zero-order valence-corrected chi connectivity index (χ0v) is 22.5. The molecule has 3 rings (SSSR count). The van der Waals surface area contributed by atoms with Crippen LogP contribution in [-0.2, 0) is 27.4 Å². The van der Waals surface area contributed by atoms with Gasteiger partial charge in [0, 0.05) is 26.1 Å². The quantitative estimate of drug-likeness (QED) is 0.291. The van der Waals surface area contributed by atoms with Gasteiger partial charge < -0.3 is 19.0 Å². The first-order valence-corrected chi connectivity index (χ1v) is 13.2. The highest BCUT2D eigenvalue weighted by Crippen LogP contribution is 2.18. The first-order valence-electron chi connectivity index (χ1n) is 13.2. The molecule has 1 heterocycles. The molecule has 38 heavy (non-hydrogen) atoms. The van der Waals surface area contributed by atoms with Gasteiger partial charge in [0.05, 0.1) is 36.9 Å². The van der Waals surface area contributed by atoms with Gasteiger partial charge in [-0.15, -0.1) is 0 Å². The Balaban J connectivity index is 1.89. The Bertz CT molecular complexity index is 1260. The highest BCUT2D eigenvalue weighted by molar-refractivity contribution is 5.86. The lowest BCUT2D eigenvalue weighted by Crippen LogP contribution is -2.46. The number of carbonyl (C=O) groups is 2. The molecule has 0 aliphatic rings. The van der Waals surface area contributed by atoms with Crippen molar-refractivity contribution in [2.75, 3.05) is 26.8 Å². The van der Waals surface area contributed by atoms with Crippen LogP contribution in [0.5, 0.6) is 0 Å². The maximum absolute atomic E-state index is 13.7. The summed E-state index contributed by atoms with van der Waals surface area (Å²) in [6.45, 7) is 4.63. The Hall–Kier alpha value is -3.52. The summed E-state index contributed by atoms with van der Waals surface area (Å²) in [5.41, 5.74) is 1.27. The number of benzene rings is 2. The number of ether oxygens (including phenoxy) is 1. The van der Waals surface area contributed by atoms with Crippen molar-refractivity contribution >= 4 is 22.8 Å². The minimum atomic E-state index is -0.379. The molecule has 0 N–H and O–H groups in total. The molecule has 1 atom stereocenters. The fourth-order valence-electron chi connectivity index (χ4n) is 4.42. The van der Waals surface area contributed by atoms with Crippen LogP contribution in [-0.4, -0.2) is 48.4 Å². The number of rotatable bonds is 14. The predicted octanol–water partition coefficient (Wildman–Crippen LogP) is 5.15. The monoisotopic (exact) mass is 524 g/mol. The highest BCUT2D eigenvalue weighted by Gasteiger charge is 2.27. The molecule has 1 unspecified atom stereocenters. The number of unbranched alkanes of at least 4 members (excludes halogenated alkanes) is 1. The Labute approximate surface area is 223 Å². The summed E-state index contributed by atoms with van der Waals surface area (Å²) in [6, 6.07) is 12.8. The van der Waals surface area contributed by atoms with Crippen molar-refractivity contribution in [3.63, 3.8) is 0 Å². The SMILES string of the molecule is CCCCC(CC)C(=O)N(CCOC)CC(=O)N(Cc1ccc(F)cc1)Cc1coc2ccccc2c1=O. The second-order valence-electron chi connectivity index (χ2n) is 9.46. The van der Waals surface area contributed by atoms with E-state index in [9.17, 15) is 18.8 Å². The molecule has 0 aliphatic heterocycles. The second-order valence-corrected chi connectivity index (χ2v) is 9.46. The summed E-state index contributed by atoms with van der Waals surface area (Å²) in [5.74, 6) is -0.941. The average molecular weight is 525 g/mol. The van der Waals surface area contributed by atoms with Crippen LogP contribution in [0.2, 0.25) is 0 Å². The number of para-hydroxylation sites is 1. The van der Waals surface area contributed by atoms with E-state index in [4.69, 9.17) is 9.15 Å². The van der Waals surface area contributed by atoms with Crippen molar-refractivity contribution in [3.05, 3.63) is 82.0 Å². The Morgan fingerprint density at radius 2 is 1.76 bits per heavy atom. The van der Waals surface area contributed by atoms with Gasteiger partial charge in [-0.05, 0) is 42.7 Å². The molecule has 0 saturated heterocycles. The topological polar surface area (TPSA) is 80.1 Å². The Morgan fingerprint density at radius 1 is 1.03 bits per heavy atom. The molecule has 1 aromatic heterocycles. The molecule has 2 aromatic carbocycles. The lowest BCUT2D eigenvalue weighted by molar-refractivity contribution is -0.144. The van der Waals surface area contributed by atoms with Crippen molar-refractivity contribution < 1.29 is 23.1 Å². The maximum Gasteiger partial charge on any atom is 0.242 e. The first kappa shape index (κ1) is 29.0. The second kappa shape index (κ2) is 14.4. The van der Waals surface area contributed by atoms with E-state index in [0.717, 1.165) is 19.3 Å². The van der Waals surface area contributed by atoms with Crippen molar-refractivity contribution in [1.29, 1.82) is 0 Å². The van der Waals surface area contributed by atoms with Crippen molar-refractivity contribution in [1.82, 2.24) is 9.80 Å². The van der Waals surface area contributed by atoms with Crippen LogP contribution in [0.4, 0.5) is 4.39 Å². The molecule has 3 aromatic rings. The van der Waals surface area contributed by atoms with Gasteiger partial charge in [0.15, 0.2) is 5.43 Å². The first-order chi connectivity index (χ1) is 18.4. The minimum Gasteiger partial charge on any atom is -0.464 e. The molecular formula is C30H37FN2O5. The number of fused-ring (bicyclic) bond motifs is 1. The van der Waals surface area contributed by atoms with E-state index < -0.39 is 0 Å². The molecule has 0 saturated carbocycles. The molecule has 8 heteroatoms. The summed E-state index contributed by atoms with van der Waals surface area (Å²) in [6.07, 6.45) is 4.75. The van der Waals surface area contributed by atoms with Gasteiger partial charge in [0.25, 0.3) is 0 Å². The largest absolute Gasteiger partial charge is 0.464 e. The molecule has 0 aliphatic carbocycles. The normalized spacial score (nSPS) is 11.9. The van der Waals surface area contributed by atoms with Gasteiger partial charge in [-0.3, -0.25) is 14.4 Å². The third-order valence-electron chi connectivity index (χ3n) is 6.70. The number of methoxy groups -OCH3 is 1. The fraction of sp³-hybridized carbons (Fsp3) is 0.433. The van der Waals surface area contributed by atoms with E-state index >= 15 is 0 Å². The number of hydrogen-bond donors (Lipinski definition) is 0. The van der Waals surface area contributed by atoms with Crippen LogP contribution >= 0.6 is 0 Å². The van der Waals surface area contributed by atoms with Crippen LogP contribution in [0.3, 0.4) is 0 Å². The number of nitrogens with zero attached hydrogens (tertiary/aromatic N) is 2. The van der Waals surface area contributed by atoms with E-state index in [0.29, 0.717) is 35.1 Å². The number of carbonyl (C=O) groups excluding carboxylic acids is 2. The molecule has 0 spiro atoms. The standard InChI is InChI=1S/C30H37FN2O5/c1-4-6-9-23(5-2)30(36)32(16-17-37-3)20-28(34)33(18-22-12-14-25(31)15-13-22)19-24-21-38-27-11-8-7-10-26(27)29(24)35/h7-8,10-15,21,23H,4-6,9,16-20H2,1-3H3. The van der Waals surface area contributed by atoms with Gasteiger partial charge >= 0.3 is 0 Å². The number of halogens is 1. The van der Waals surface area contributed by atoms with Gasteiger partial charge in [-0.1, -0.05) is 51.0 Å². The Kier molecular flexibility index (Phi) is 11.0. The zero-order chi connectivity index (χ0) is 27.5. The average Bonchev–Trinajstić information content (AvgIpc) is 2.93. The molecule has 2 amide bonds. The van der Waals surface area contributed by atoms with Crippen LogP contribution in [0.25, 0.3) is 11.0 Å². The molecule has 0 bridgehead atoms. The number of hydrogen-bond acceptors (Lipinski definition) is 5. The lowest BCUT2D eigenvalue weighted by Gasteiger charge is -2.30. The Morgan fingerprint density at radius 3 is 2.45 bits per heavy atom. The zero-order valence-electron chi connectivity index (χ0n) is 22.5. The highest BCUT2D eigenvalue weighted by atomic mass is 19.1. The van der Waals surface area contributed by atoms with E-state index in [-0.39, 0.29) is 55.2 Å². The summed E-state index contributed by atoms with van der Waals surface area (Å²) < 4.78 is 24.4.